The molecule has 0 heterocycles. The maximum atomic E-state index is 12.3. The number of thioether (sulfide) groups is 1. The fourth-order valence-electron chi connectivity index (χ4n) is 1.98. The predicted molar refractivity (Wildman–Crippen MR) is 80.1 cm³/mol. The summed E-state index contributed by atoms with van der Waals surface area (Å²) in [6.07, 6.45) is 5.29. The van der Waals surface area contributed by atoms with Gasteiger partial charge in [-0.15, -0.1) is 0 Å². The Hall–Kier alpha value is -0.140. The fourth-order valence-corrected chi connectivity index (χ4v) is 2.47. The van der Waals surface area contributed by atoms with Gasteiger partial charge in [0.05, 0.1) is 18.7 Å². The van der Waals surface area contributed by atoms with Gasteiger partial charge in [0, 0.05) is 0 Å². The molecule has 5 nitrogen and oxygen atoms in total. The highest BCUT2D eigenvalue weighted by Gasteiger charge is 2.43. The van der Waals surface area contributed by atoms with Crippen LogP contribution >= 0.6 is 11.8 Å². The largest absolute Gasteiger partial charge is 0.395 e. The molecule has 0 aliphatic carbocycles. The lowest BCUT2D eigenvalue weighted by Gasteiger charge is -2.33. The zero-order valence-electron chi connectivity index (χ0n) is 12.0. The van der Waals surface area contributed by atoms with Crippen molar-refractivity contribution in [3.63, 3.8) is 0 Å². The monoisotopic (exact) mass is 292 g/mol. The first-order valence-electron chi connectivity index (χ1n) is 6.81. The first kappa shape index (κ1) is 18.9. The Kier molecular flexibility index (Phi) is 9.64. The molecule has 3 unspecified atom stereocenters. The molecular formula is C13H28N2O3S. The third-order valence-corrected chi connectivity index (χ3v) is 4.01. The Morgan fingerprint density at radius 3 is 2.47 bits per heavy atom. The van der Waals surface area contributed by atoms with Crippen LogP contribution in [0.1, 0.15) is 39.0 Å². The van der Waals surface area contributed by atoms with Crippen LogP contribution in [0.15, 0.2) is 0 Å². The van der Waals surface area contributed by atoms with Gasteiger partial charge in [0.25, 0.3) is 0 Å². The highest BCUT2D eigenvalue weighted by molar-refractivity contribution is 7.98. The van der Waals surface area contributed by atoms with Crippen molar-refractivity contribution < 1.29 is 15.0 Å². The minimum Gasteiger partial charge on any atom is -0.395 e. The number of aliphatic hydroxyl groups excluding tert-OH is 1. The average Bonchev–Trinajstić information content (AvgIpc) is 2.42. The molecule has 6 heteroatoms. The lowest BCUT2D eigenvalue weighted by Crippen LogP contribution is -2.60. The second-order valence-corrected chi connectivity index (χ2v) is 5.91. The minimum atomic E-state index is -1.71. The van der Waals surface area contributed by atoms with Crippen LogP contribution in [0.4, 0.5) is 0 Å². The van der Waals surface area contributed by atoms with E-state index in [1.165, 1.54) is 0 Å². The van der Waals surface area contributed by atoms with Gasteiger partial charge in [-0.3, -0.25) is 4.79 Å². The topological polar surface area (TPSA) is 110 Å². The molecule has 19 heavy (non-hydrogen) atoms. The van der Waals surface area contributed by atoms with E-state index in [-0.39, 0.29) is 6.42 Å². The molecule has 0 aliphatic heterocycles. The molecule has 6 N–H and O–H groups in total. The number of nitrogens with two attached hydrogens (primary N) is 2. The highest BCUT2D eigenvalue weighted by Crippen LogP contribution is 2.22. The van der Waals surface area contributed by atoms with Gasteiger partial charge >= 0.3 is 0 Å². The second-order valence-electron chi connectivity index (χ2n) is 4.92. The molecule has 0 bridgehead atoms. The smallest absolute Gasteiger partial charge is 0.182 e. The summed E-state index contributed by atoms with van der Waals surface area (Å²) in [6, 6.07) is -1.70. The number of hydrogen-bond acceptors (Lipinski definition) is 6. The first-order chi connectivity index (χ1) is 8.93. The van der Waals surface area contributed by atoms with Gasteiger partial charge in [-0.05, 0) is 24.9 Å². The van der Waals surface area contributed by atoms with Gasteiger partial charge < -0.3 is 21.7 Å². The van der Waals surface area contributed by atoms with Crippen LogP contribution in [0.5, 0.6) is 0 Å². The molecule has 0 aromatic heterocycles. The van der Waals surface area contributed by atoms with Crippen LogP contribution in [-0.2, 0) is 4.79 Å². The standard InChI is InChI=1S/C13H28N2O3S/c1-3-4-5-7-13(18,11(15)9-16)12(17)10(14)6-8-19-2/h10-11,16,18H,3-9,14-15H2,1-2H3. The number of ketones is 1. The van der Waals surface area contributed by atoms with E-state index in [1.54, 1.807) is 11.8 Å². The maximum Gasteiger partial charge on any atom is 0.182 e. The van der Waals surface area contributed by atoms with E-state index in [4.69, 9.17) is 16.6 Å². The Bertz CT molecular complexity index is 266. The van der Waals surface area contributed by atoms with E-state index in [2.05, 4.69) is 0 Å². The van der Waals surface area contributed by atoms with Crippen molar-refractivity contribution in [2.75, 3.05) is 18.6 Å². The zero-order chi connectivity index (χ0) is 14.9. The molecule has 0 aliphatic rings. The van der Waals surface area contributed by atoms with Crippen molar-refractivity contribution >= 4 is 17.5 Å². The van der Waals surface area contributed by atoms with Crippen LogP contribution < -0.4 is 11.5 Å². The summed E-state index contributed by atoms with van der Waals surface area (Å²) in [5.74, 6) is 0.311. The van der Waals surface area contributed by atoms with Gasteiger partial charge in [0.15, 0.2) is 5.78 Å². The highest BCUT2D eigenvalue weighted by atomic mass is 32.2. The van der Waals surface area contributed by atoms with Crippen LogP contribution in [0.2, 0.25) is 0 Å². The van der Waals surface area contributed by atoms with Crippen molar-refractivity contribution in [3.05, 3.63) is 0 Å². The summed E-state index contributed by atoms with van der Waals surface area (Å²) in [4.78, 5) is 12.3. The van der Waals surface area contributed by atoms with Crippen LogP contribution in [0.3, 0.4) is 0 Å². The molecule has 0 aromatic rings. The molecule has 0 aromatic carbocycles. The van der Waals surface area contributed by atoms with E-state index in [0.717, 1.165) is 18.6 Å². The van der Waals surface area contributed by atoms with E-state index in [1.807, 2.05) is 13.2 Å². The molecule has 0 saturated carbocycles. The van der Waals surface area contributed by atoms with Gasteiger partial charge in [-0.25, -0.2) is 0 Å². The average molecular weight is 292 g/mol. The summed E-state index contributed by atoms with van der Waals surface area (Å²) in [5, 5.41) is 19.7. The molecule has 0 rings (SSSR count). The fraction of sp³-hybridized carbons (Fsp3) is 0.923. The molecule has 3 atom stereocenters. The molecule has 0 radical (unpaired) electrons. The van der Waals surface area contributed by atoms with Gasteiger partial charge in [0.2, 0.25) is 0 Å². The molecular weight excluding hydrogens is 264 g/mol. The number of unbranched alkanes of at least 4 members (excludes halogenated alkanes) is 2. The normalized spacial score (nSPS) is 17.8. The quantitative estimate of drug-likeness (QED) is 0.407. The van der Waals surface area contributed by atoms with Gasteiger partial charge in [-0.2, -0.15) is 11.8 Å². The third kappa shape index (κ3) is 5.79. The number of hydrogen-bond donors (Lipinski definition) is 4. The van der Waals surface area contributed by atoms with E-state index < -0.39 is 30.1 Å². The number of aliphatic hydroxyl groups is 2. The molecule has 0 spiro atoms. The van der Waals surface area contributed by atoms with E-state index in [9.17, 15) is 9.90 Å². The van der Waals surface area contributed by atoms with Crippen molar-refractivity contribution in [1.29, 1.82) is 0 Å². The SMILES string of the molecule is CCCCCC(O)(C(=O)C(N)CCSC)C(N)CO. The summed E-state index contributed by atoms with van der Waals surface area (Å²) in [7, 11) is 0. The van der Waals surface area contributed by atoms with Crippen molar-refractivity contribution in [1.82, 2.24) is 0 Å². The Morgan fingerprint density at radius 1 is 1.37 bits per heavy atom. The number of rotatable bonds is 11. The van der Waals surface area contributed by atoms with Gasteiger partial charge in [0.1, 0.15) is 5.60 Å². The summed E-state index contributed by atoms with van der Waals surface area (Å²) in [6.45, 7) is 1.61. The Morgan fingerprint density at radius 2 is 2.00 bits per heavy atom. The molecule has 0 amide bonds. The predicted octanol–water partition coefficient (Wildman–Crippen LogP) is 0.267. The lowest BCUT2D eigenvalue weighted by molar-refractivity contribution is -0.143. The van der Waals surface area contributed by atoms with Crippen molar-refractivity contribution in [3.8, 4) is 0 Å². The number of Topliss-reactive ketones (excluding diaryl/α,β-unsaturated/α-hetero) is 1. The van der Waals surface area contributed by atoms with Crippen molar-refractivity contribution in [2.24, 2.45) is 11.5 Å². The number of carbonyl (C=O) groups is 1. The Balaban J connectivity index is 4.75. The molecule has 0 fully saturated rings. The van der Waals surface area contributed by atoms with Gasteiger partial charge in [-0.1, -0.05) is 26.2 Å². The van der Waals surface area contributed by atoms with E-state index >= 15 is 0 Å². The molecule has 114 valence electrons. The number of carbonyl (C=O) groups excluding carboxylic acids is 1. The summed E-state index contributed by atoms with van der Waals surface area (Å²) < 4.78 is 0. The van der Waals surface area contributed by atoms with Crippen molar-refractivity contribution in [2.45, 2.75) is 56.7 Å². The second kappa shape index (κ2) is 9.72. The van der Waals surface area contributed by atoms with E-state index in [0.29, 0.717) is 12.8 Å². The first-order valence-corrected chi connectivity index (χ1v) is 8.21. The zero-order valence-corrected chi connectivity index (χ0v) is 12.8. The Labute approximate surface area is 120 Å². The third-order valence-electron chi connectivity index (χ3n) is 3.37. The summed E-state index contributed by atoms with van der Waals surface area (Å²) >= 11 is 1.60. The molecule has 0 saturated heterocycles. The minimum absolute atomic E-state index is 0.258. The van der Waals surface area contributed by atoms with Crippen LogP contribution in [0, 0.1) is 0 Å². The maximum absolute atomic E-state index is 12.3. The summed E-state index contributed by atoms with van der Waals surface area (Å²) in [5.41, 5.74) is 9.84. The van der Waals surface area contributed by atoms with Crippen LogP contribution in [-0.4, -0.2) is 52.3 Å². The lowest BCUT2D eigenvalue weighted by atomic mass is 9.81. The van der Waals surface area contributed by atoms with Crippen LogP contribution in [0.25, 0.3) is 0 Å².